The summed E-state index contributed by atoms with van der Waals surface area (Å²) in [4.78, 5) is 12.1. The van der Waals surface area contributed by atoms with Crippen LogP contribution in [0.4, 0.5) is 5.69 Å². The van der Waals surface area contributed by atoms with Gasteiger partial charge in [-0.25, -0.2) is 0 Å². The standard InChI is InChI=1S/C18H21ClN2O2/c1-3-20-11-14-7-4-5-9-16(14)21-18(22)12-23-17-10-6-8-15(19)13(17)2/h4-10,20H,3,11-12H2,1-2H3,(H,21,22). The van der Waals surface area contributed by atoms with E-state index in [1.54, 1.807) is 18.2 Å². The molecular weight excluding hydrogens is 312 g/mol. The van der Waals surface area contributed by atoms with Crippen molar-refractivity contribution in [2.45, 2.75) is 20.4 Å². The van der Waals surface area contributed by atoms with Crippen molar-refractivity contribution in [3.63, 3.8) is 0 Å². The first-order valence-corrected chi connectivity index (χ1v) is 7.96. The molecule has 0 radical (unpaired) electrons. The largest absolute Gasteiger partial charge is 0.483 e. The number of rotatable bonds is 7. The number of carbonyl (C=O) groups excluding carboxylic acids is 1. The Balaban J connectivity index is 1.96. The van der Waals surface area contributed by atoms with E-state index in [2.05, 4.69) is 10.6 Å². The number of anilines is 1. The Hall–Kier alpha value is -2.04. The van der Waals surface area contributed by atoms with E-state index in [-0.39, 0.29) is 12.5 Å². The van der Waals surface area contributed by atoms with Gasteiger partial charge < -0.3 is 15.4 Å². The van der Waals surface area contributed by atoms with E-state index >= 15 is 0 Å². The Kier molecular flexibility index (Phi) is 6.44. The van der Waals surface area contributed by atoms with E-state index in [9.17, 15) is 4.79 Å². The molecule has 2 aromatic rings. The van der Waals surface area contributed by atoms with Crippen molar-refractivity contribution in [2.75, 3.05) is 18.5 Å². The number of amides is 1. The number of benzene rings is 2. The molecule has 2 rings (SSSR count). The van der Waals surface area contributed by atoms with Gasteiger partial charge in [-0.1, -0.05) is 42.8 Å². The summed E-state index contributed by atoms with van der Waals surface area (Å²) in [6, 6.07) is 13.1. The molecule has 0 unspecified atom stereocenters. The monoisotopic (exact) mass is 332 g/mol. The third-order valence-corrected chi connectivity index (χ3v) is 3.84. The highest BCUT2D eigenvalue weighted by Crippen LogP contribution is 2.25. The Bertz CT molecular complexity index is 674. The minimum absolute atomic E-state index is 0.0588. The maximum Gasteiger partial charge on any atom is 0.262 e. The Morgan fingerprint density at radius 2 is 1.96 bits per heavy atom. The lowest BCUT2D eigenvalue weighted by Gasteiger charge is -2.13. The Labute approximate surface area is 141 Å². The van der Waals surface area contributed by atoms with Crippen LogP contribution in [0.25, 0.3) is 0 Å². The van der Waals surface area contributed by atoms with E-state index in [4.69, 9.17) is 16.3 Å². The smallest absolute Gasteiger partial charge is 0.262 e. The van der Waals surface area contributed by atoms with Crippen LogP contribution in [0.1, 0.15) is 18.1 Å². The highest BCUT2D eigenvalue weighted by atomic mass is 35.5. The second kappa shape index (κ2) is 8.56. The molecule has 0 saturated carbocycles. The van der Waals surface area contributed by atoms with Crippen molar-refractivity contribution in [1.29, 1.82) is 0 Å². The SMILES string of the molecule is CCNCc1ccccc1NC(=O)COc1cccc(Cl)c1C. The molecule has 2 aromatic carbocycles. The zero-order chi connectivity index (χ0) is 16.7. The zero-order valence-electron chi connectivity index (χ0n) is 13.4. The van der Waals surface area contributed by atoms with Crippen LogP contribution in [0, 0.1) is 6.92 Å². The van der Waals surface area contributed by atoms with Gasteiger partial charge in [-0.05, 0) is 37.2 Å². The fraction of sp³-hybridized carbons (Fsp3) is 0.278. The van der Waals surface area contributed by atoms with Gasteiger partial charge in [-0.15, -0.1) is 0 Å². The molecule has 0 bridgehead atoms. The normalized spacial score (nSPS) is 10.4. The molecule has 0 aliphatic heterocycles. The van der Waals surface area contributed by atoms with Gasteiger partial charge in [0.15, 0.2) is 6.61 Å². The van der Waals surface area contributed by atoms with Crippen molar-refractivity contribution in [3.05, 3.63) is 58.6 Å². The summed E-state index contributed by atoms with van der Waals surface area (Å²) in [6.07, 6.45) is 0. The predicted molar refractivity (Wildman–Crippen MR) is 94.1 cm³/mol. The number of carbonyl (C=O) groups is 1. The lowest BCUT2D eigenvalue weighted by Crippen LogP contribution is -2.22. The lowest BCUT2D eigenvalue weighted by atomic mass is 10.1. The maximum atomic E-state index is 12.1. The number of nitrogens with one attached hydrogen (secondary N) is 2. The molecule has 0 aliphatic carbocycles. The molecule has 1 amide bonds. The molecule has 0 fully saturated rings. The minimum Gasteiger partial charge on any atom is -0.483 e. The van der Waals surface area contributed by atoms with Crippen LogP contribution in [-0.4, -0.2) is 19.1 Å². The molecule has 0 heterocycles. The van der Waals surface area contributed by atoms with Crippen LogP contribution in [-0.2, 0) is 11.3 Å². The van der Waals surface area contributed by atoms with Crippen LogP contribution < -0.4 is 15.4 Å². The highest BCUT2D eigenvalue weighted by Gasteiger charge is 2.09. The summed E-state index contributed by atoms with van der Waals surface area (Å²) in [5.41, 5.74) is 2.67. The quantitative estimate of drug-likeness (QED) is 0.811. The van der Waals surface area contributed by atoms with E-state index in [1.165, 1.54) is 0 Å². The van der Waals surface area contributed by atoms with Crippen molar-refractivity contribution < 1.29 is 9.53 Å². The van der Waals surface area contributed by atoms with E-state index in [0.717, 1.165) is 23.4 Å². The van der Waals surface area contributed by atoms with Gasteiger partial charge in [0.05, 0.1) is 0 Å². The molecule has 0 aliphatic rings. The molecule has 0 spiro atoms. The second-order valence-corrected chi connectivity index (χ2v) is 5.54. The average Bonchev–Trinajstić information content (AvgIpc) is 2.55. The molecule has 0 aromatic heterocycles. The molecule has 5 heteroatoms. The number of ether oxygens (including phenoxy) is 1. The van der Waals surface area contributed by atoms with Crippen molar-refractivity contribution in [1.82, 2.24) is 5.32 Å². The number of hydrogen-bond acceptors (Lipinski definition) is 3. The summed E-state index contributed by atoms with van der Waals surface area (Å²) < 4.78 is 5.56. The average molecular weight is 333 g/mol. The highest BCUT2D eigenvalue weighted by molar-refractivity contribution is 6.31. The minimum atomic E-state index is -0.201. The topological polar surface area (TPSA) is 50.4 Å². The van der Waals surface area contributed by atoms with Crippen molar-refractivity contribution in [3.8, 4) is 5.75 Å². The van der Waals surface area contributed by atoms with Gasteiger partial charge in [0.25, 0.3) is 5.91 Å². The lowest BCUT2D eigenvalue weighted by molar-refractivity contribution is -0.118. The fourth-order valence-electron chi connectivity index (χ4n) is 2.13. The summed E-state index contributed by atoms with van der Waals surface area (Å²) in [5, 5.41) is 6.76. The maximum absolute atomic E-state index is 12.1. The zero-order valence-corrected chi connectivity index (χ0v) is 14.1. The van der Waals surface area contributed by atoms with Gasteiger partial charge in [0.1, 0.15) is 5.75 Å². The molecular formula is C18H21ClN2O2. The third kappa shape index (κ3) is 4.98. The molecule has 0 saturated heterocycles. The van der Waals surface area contributed by atoms with Crippen LogP contribution in [0.2, 0.25) is 5.02 Å². The third-order valence-electron chi connectivity index (χ3n) is 3.43. The first-order valence-electron chi connectivity index (χ1n) is 7.58. The summed E-state index contributed by atoms with van der Waals surface area (Å²) in [7, 11) is 0. The van der Waals surface area contributed by atoms with E-state index in [0.29, 0.717) is 17.3 Å². The van der Waals surface area contributed by atoms with Crippen LogP contribution in [0.5, 0.6) is 5.75 Å². The molecule has 0 atom stereocenters. The van der Waals surface area contributed by atoms with Crippen LogP contribution in [0.3, 0.4) is 0 Å². The Morgan fingerprint density at radius 3 is 2.74 bits per heavy atom. The summed E-state index contributed by atoms with van der Waals surface area (Å²) in [6.45, 7) is 5.43. The summed E-state index contributed by atoms with van der Waals surface area (Å²) in [5.74, 6) is 0.418. The van der Waals surface area contributed by atoms with Crippen molar-refractivity contribution in [2.24, 2.45) is 0 Å². The first-order chi connectivity index (χ1) is 11.1. The predicted octanol–water partition coefficient (Wildman–Crippen LogP) is 3.78. The van der Waals surface area contributed by atoms with Crippen LogP contribution >= 0.6 is 11.6 Å². The summed E-state index contributed by atoms with van der Waals surface area (Å²) >= 11 is 6.04. The van der Waals surface area contributed by atoms with Gasteiger partial charge in [-0.3, -0.25) is 4.79 Å². The number of hydrogen-bond donors (Lipinski definition) is 2. The number of para-hydroxylation sites is 1. The Morgan fingerprint density at radius 1 is 1.17 bits per heavy atom. The molecule has 2 N–H and O–H groups in total. The van der Waals surface area contributed by atoms with E-state index in [1.807, 2.05) is 38.1 Å². The van der Waals surface area contributed by atoms with Gasteiger partial charge >= 0.3 is 0 Å². The van der Waals surface area contributed by atoms with Gasteiger partial charge in [0.2, 0.25) is 0 Å². The van der Waals surface area contributed by atoms with Crippen molar-refractivity contribution >= 4 is 23.2 Å². The van der Waals surface area contributed by atoms with Gasteiger partial charge in [-0.2, -0.15) is 0 Å². The first kappa shape index (κ1) is 17.3. The molecule has 122 valence electrons. The number of halogens is 1. The van der Waals surface area contributed by atoms with Gasteiger partial charge in [0, 0.05) is 22.8 Å². The molecule has 4 nitrogen and oxygen atoms in total. The molecule has 23 heavy (non-hydrogen) atoms. The van der Waals surface area contributed by atoms with E-state index < -0.39 is 0 Å². The fourth-order valence-corrected chi connectivity index (χ4v) is 2.30. The van der Waals surface area contributed by atoms with Crippen LogP contribution in [0.15, 0.2) is 42.5 Å². The second-order valence-electron chi connectivity index (χ2n) is 5.14.